The first-order valence-electron chi connectivity index (χ1n) is 12.1. The Hall–Kier alpha value is -2.23. The van der Waals surface area contributed by atoms with Gasteiger partial charge in [-0.15, -0.1) is 0 Å². The van der Waals surface area contributed by atoms with Crippen molar-refractivity contribution in [2.24, 2.45) is 11.8 Å². The van der Waals surface area contributed by atoms with Crippen molar-refractivity contribution in [2.75, 3.05) is 27.1 Å². The number of carbonyl (C=O) groups excluding carboxylic acids is 3. The smallest absolute Gasteiger partial charge is 0.339 e. The molecule has 9 heteroatoms. The lowest BCUT2D eigenvalue weighted by atomic mass is 9.81. The first-order chi connectivity index (χ1) is 16.5. The van der Waals surface area contributed by atoms with E-state index < -0.39 is 35.3 Å². The largest absolute Gasteiger partial charge is 0.459 e. The van der Waals surface area contributed by atoms with Crippen LogP contribution in [0.5, 0.6) is 0 Å². The van der Waals surface area contributed by atoms with Crippen LogP contribution in [0.25, 0.3) is 0 Å². The van der Waals surface area contributed by atoms with E-state index in [0.717, 1.165) is 11.1 Å². The lowest BCUT2D eigenvalue weighted by Gasteiger charge is -2.35. The maximum Gasteiger partial charge on any atom is 0.339 e. The quantitative estimate of drug-likeness (QED) is 0.119. The summed E-state index contributed by atoms with van der Waals surface area (Å²) in [6.07, 6.45) is 2.13. The van der Waals surface area contributed by atoms with Gasteiger partial charge in [-0.05, 0) is 65.0 Å². The van der Waals surface area contributed by atoms with Gasteiger partial charge in [-0.1, -0.05) is 6.08 Å². The summed E-state index contributed by atoms with van der Waals surface area (Å²) in [5.41, 5.74) is 0.125. The van der Waals surface area contributed by atoms with E-state index in [1.165, 1.54) is 6.92 Å². The molecule has 0 aromatic rings. The van der Waals surface area contributed by atoms with Gasteiger partial charge in [0.2, 0.25) is 0 Å². The second kappa shape index (κ2) is 10.8. The molecule has 0 amide bonds. The van der Waals surface area contributed by atoms with Gasteiger partial charge in [0.05, 0.1) is 13.2 Å². The van der Waals surface area contributed by atoms with Gasteiger partial charge in [0.15, 0.2) is 5.60 Å². The maximum atomic E-state index is 13.1. The Morgan fingerprint density at radius 3 is 2.54 bits per heavy atom. The molecule has 9 nitrogen and oxygen atoms in total. The minimum atomic E-state index is -1.23. The fourth-order valence-electron chi connectivity index (χ4n) is 5.52. The van der Waals surface area contributed by atoms with Gasteiger partial charge in [-0.25, -0.2) is 9.59 Å². The molecule has 1 aliphatic heterocycles. The van der Waals surface area contributed by atoms with Crippen molar-refractivity contribution >= 4 is 17.9 Å². The topological polar surface area (TPSA) is 107 Å². The van der Waals surface area contributed by atoms with Gasteiger partial charge >= 0.3 is 17.9 Å². The van der Waals surface area contributed by atoms with Crippen molar-refractivity contribution in [1.29, 1.82) is 0 Å². The van der Waals surface area contributed by atoms with E-state index in [1.807, 2.05) is 13.8 Å². The van der Waals surface area contributed by atoms with E-state index in [-0.39, 0.29) is 24.6 Å². The van der Waals surface area contributed by atoms with Gasteiger partial charge in [0.25, 0.3) is 0 Å². The predicted molar refractivity (Wildman–Crippen MR) is 125 cm³/mol. The average molecular weight is 495 g/mol. The monoisotopic (exact) mass is 494 g/mol. The Morgan fingerprint density at radius 2 is 1.91 bits per heavy atom. The van der Waals surface area contributed by atoms with Gasteiger partial charge in [-0.3, -0.25) is 4.79 Å². The Morgan fingerprint density at radius 1 is 1.20 bits per heavy atom. The molecule has 2 fully saturated rings. The number of carbonyl (C=O) groups is 3. The summed E-state index contributed by atoms with van der Waals surface area (Å²) in [6.45, 7) is 11.1. The lowest BCUT2D eigenvalue weighted by Crippen LogP contribution is -2.43. The van der Waals surface area contributed by atoms with Crippen LogP contribution in [0.15, 0.2) is 22.8 Å². The summed E-state index contributed by atoms with van der Waals surface area (Å²) >= 11 is 0. The first kappa shape index (κ1) is 27.4. The van der Waals surface area contributed by atoms with E-state index in [9.17, 15) is 14.4 Å². The molecule has 0 radical (unpaired) electrons. The van der Waals surface area contributed by atoms with Gasteiger partial charge in [-0.2, -0.15) is 0 Å². The van der Waals surface area contributed by atoms with Crippen molar-refractivity contribution < 1.29 is 42.8 Å². The van der Waals surface area contributed by atoms with Crippen molar-refractivity contribution in [3.05, 3.63) is 22.8 Å². The van der Waals surface area contributed by atoms with Crippen molar-refractivity contribution in [1.82, 2.24) is 0 Å². The van der Waals surface area contributed by atoms with Crippen LogP contribution in [0.3, 0.4) is 0 Å². The maximum absolute atomic E-state index is 13.1. The normalized spacial score (nSPS) is 34.7. The third-order valence-electron chi connectivity index (χ3n) is 7.73. The fourth-order valence-corrected chi connectivity index (χ4v) is 5.52. The molecule has 0 aromatic carbocycles. The third-order valence-corrected chi connectivity index (χ3v) is 7.73. The first-order valence-corrected chi connectivity index (χ1v) is 12.1. The Balaban J connectivity index is 1.95. The SMILES string of the molecule is C/C=C(\C)C(=O)O[C@H]1C[C@@H]2C(=C1C)[C@@H]1OC(=O)[C@@](C)(OCOCCOC)[C@@H]1CC[C@@]2(C)OC(C)=O. The second-order valence-electron chi connectivity index (χ2n) is 9.94. The molecule has 2 aliphatic carbocycles. The minimum absolute atomic E-state index is 0.0796. The predicted octanol–water partition coefficient (Wildman–Crippen LogP) is 3.25. The highest BCUT2D eigenvalue weighted by molar-refractivity contribution is 5.88. The number of rotatable bonds is 9. The number of ether oxygens (including phenoxy) is 6. The molecule has 1 saturated heterocycles. The van der Waals surface area contributed by atoms with E-state index in [1.54, 1.807) is 34.0 Å². The molecule has 196 valence electrons. The number of fused-ring (bicyclic) bond motifs is 3. The zero-order valence-electron chi connectivity index (χ0n) is 21.8. The van der Waals surface area contributed by atoms with E-state index in [2.05, 4.69) is 0 Å². The molecule has 1 heterocycles. The summed E-state index contributed by atoms with van der Waals surface area (Å²) in [6, 6.07) is 0. The number of hydrogen-bond donors (Lipinski definition) is 0. The molecule has 1 saturated carbocycles. The minimum Gasteiger partial charge on any atom is -0.459 e. The van der Waals surface area contributed by atoms with Crippen LogP contribution in [0.4, 0.5) is 0 Å². The van der Waals surface area contributed by atoms with Crippen LogP contribution in [0, 0.1) is 11.8 Å². The van der Waals surface area contributed by atoms with Crippen LogP contribution in [0.2, 0.25) is 0 Å². The molecule has 3 aliphatic rings. The summed E-state index contributed by atoms with van der Waals surface area (Å²) < 4.78 is 34.1. The van der Waals surface area contributed by atoms with Crippen LogP contribution >= 0.6 is 0 Å². The van der Waals surface area contributed by atoms with Gasteiger partial charge in [0, 0.05) is 31.4 Å². The lowest BCUT2D eigenvalue weighted by molar-refractivity contribution is -0.180. The van der Waals surface area contributed by atoms with Crippen molar-refractivity contribution in [2.45, 2.75) is 84.2 Å². The Labute approximate surface area is 207 Å². The second-order valence-corrected chi connectivity index (χ2v) is 9.94. The summed E-state index contributed by atoms with van der Waals surface area (Å²) in [5.74, 6) is -1.83. The van der Waals surface area contributed by atoms with Crippen molar-refractivity contribution in [3.63, 3.8) is 0 Å². The molecule has 35 heavy (non-hydrogen) atoms. The van der Waals surface area contributed by atoms with E-state index >= 15 is 0 Å². The summed E-state index contributed by atoms with van der Waals surface area (Å²) in [4.78, 5) is 37.7. The fraction of sp³-hybridized carbons (Fsp3) is 0.731. The number of methoxy groups -OCH3 is 1. The molecular weight excluding hydrogens is 456 g/mol. The van der Waals surface area contributed by atoms with Crippen LogP contribution in [-0.4, -0.2) is 68.4 Å². The molecule has 0 bridgehead atoms. The number of esters is 3. The van der Waals surface area contributed by atoms with E-state index in [0.29, 0.717) is 38.0 Å². The summed E-state index contributed by atoms with van der Waals surface area (Å²) in [7, 11) is 1.58. The van der Waals surface area contributed by atoms with Gasteiger partial charge < -0.3 is 28.4 Å². The third kappa shape index (κ3) is 5.32. The van der Waals surface area contributed by atoms with Crippen LogP contribution in [-0.2, 0) is 42.8 Å². The molecule has 0 N–H and O–H groups in total. The molecule has 0 spiro atoms. The highest BCUT2D eigenvalue weighted by Crippen LogP contribution is 2.55. The zero-order valence-corrected chi connectivity index (χ0v) is 21.8. The number of hydrogen-bond acceptors (Lipinski definition) is 9. The number of allylic oxidation sites excluding steroid dienone is 1. The zero-order chi connectivity index (χ0) is 26.0. The standard InChI is InChI=1S/C26H38O9/c1-8-15(2)23(28)33-20-13-19-21(16(20)3)22-18(9-10-25(19,5)35-17(4)27)26(6,24(29)34-22)32-14-31-12-11-30-7/h8,18-20,22H,9-14H2,1-7H3/b15-8+/t18-,19-,20+,22-,25-,26+/m1/s1. The van der Waals surface area contributed by atoms with Crippen molar-refractivity contribution in [3.8, 4) is 0 Å². The van der Waals surface area contributed by atoms with Gasteiger partial charge in [0.1, 0.15) is 24.6 Å². The van der Waals surface area contributed by atoms with Crippen LogP contribution < -0.4 is 0 Å². The molecular formula is C26H38O9. The summed E-state index contributed by atoms with van der Waals surface area (Å²) in [5, 5.41) is 0. The van der Waals surface area contributed by atoms with Crippen LogP contribution in [0.1, 0.15) is 60.8 Å². The molecule has 0 aromatic heterocycles. The molecule has 6 atom stereocenters. The molecule has 0 unspecified atom stereocenters. The molecule has 3 rings (SSSR count). The average Bonchev–Trinajstić information content (AvgIpc) is 3.20. The highest BCUT2D eigenvalue weighted by Gasteiger charge is 2.62. The highest BCUT2D eigenvalue weighted by atomic mass is 16.7. The Kier molecular flexibility index (Phi) is 8.44. The van der Waals surface area contributed by atoms with E-state index in [4.69, 9.17) is 28.4 Å². The Bertz CT molecular complexity index is 906.